The van der Waals surface area contributed by atoms with Crippen molar-refractivity contribution < 1.29 is 14.3 Å². The number of carbonyl (C=O) groups excluding carboxylic acids is 2. The summed E-state index contributed by atoms with van der Waals surface area (Å²) in [5.74, 6) is 0.926. The number of ether oxygens (including phenoxy) is 1. The molecule has 2 aromatic rings. The van der Waals surface area contributed by atoms with E-state index < -0.39 is 5.91 Å². The number of likely N-dealkylation sites (tertiary alicyclic amines) is 1. The normalized spacial score (nSPS) is 15.8. The quantitative estimate of drug-likeness (QED) is 0.716. The topological polar surface area (TPSA) is 102 Å². The van der Waals surface area contributed by atoms with Crippen molar-refractivity contribution in [3.05, 3.63) is 47.5 Å². The Morgan fingerprint density at radius 3 is 2.63 bits per heavy atom. The monoisotopic (exact) mass is 411 g/mol. The minimum absolute atomic E-state index is 0.0877. The van der Waals surface area contributed by atoms with Crippen molar-refractivity contribution in [3.63, 3.8) is 0 Å². The van der Waals surface area contributed by atoms with Gasteiger partial charge in [0.05, 0.1) is 24.4 Å². The van der Waals surface area contributed by atoms with Crippen LogP contribution in [0.15, 0.2) is 30.5 Å². The molecule has 0 saturated carbocycles. The molecule has 8 heteroatoms. The lowest BCUT2D eigenvalue weighted by atomic mass is 10.1. The summed E-state index contributed by atoms with van der Waals surface area (Å²) in [6.45, 7) is 5.94. The molecule has 0 aliphatic carbocycles. The van der Waals surface area contributed by atoms with Gasteiger partial charge < -0.3 is 20.3 Å². The highest BCUT2D eigenvalue weighted by Gasteiger charge is 2.32. The third-order valence-electron chi connectivity index (χ3n) is 5.55. The van der Waals surface area contributed by atoms with Crippen LogP contribution in [0.4, 0.5) is 5.69 Å². The smallest absolute Gasteiger partial charge is 0.252 e. The Balaban J connectivity index is 1.66. The number of benzene rings is 1. The number of rotatable bonds is 8. The fraction of sp³-hybridized carbons (Fsp3) is 0.455. The molecule has 1 aromatic heterocycles. The summed E-state index contributed by atoms with van der Waals surface area (Å²) >= 11 is 0. The van der Waals surface area contributed by atoms with Crippen LogP contribution in [0.1, 0.15) is 54.1 Å². The molecular formula is C22H29N5O3. The zero-order valence-electron chi connectivity index (χ0n) is 17.8. The summed E-state index contributed by atoms with van der Waals surface area (Å²) in [5, 5.41) is 0. The van der Waals surface area contributed by atoms with E-state index in [4.69, 9.17) is 10.5 Å². The number of aromatic nitrogens is 2. The molecule has 2 N–H and O–H groups in total. The number of nitrogens with two attached hydrogens (primary N) is 1. The Bertz CT molecular complexity index is 900. The number of primary amides is 1. The molecule has 30 heavy (non-hydrogen) atoms. The van der Waals surface area contributed by atoms with Gasteiger partial charge in [-0.2, -0.15) is 0 Å². The maximum atomic E-state index is 13.0. The van der Waals surface area contributed by atoms with Gasteiger partial charge in [-0.15, -0.1) is 0 Å². The zero-order valence-corrected chi connectivity index (χ0v) is 17.8. The lowest BCUT2D eigenvalue weighted by Crippen LogP contribution is -2.35. The molecule has 1 aromatic carbocycles. The summed E-state index contributed by atoms with van der Waals surface area (Å²) in [5.41, 5.74) is 7.26. The van der Waals surface area contributed by atoms with Gasteiger partial charge in [0, 0.05) is 37.9 Å². The van der Waals surface area contributed by atoms with E-state index in [0.29, 0.717) is 36.6 Å². The van der Waals surface area contributed by atoms with Crippen LogP contribution >= 0.6 is 0 Å². The lowest BCUT2D eigenvalue weighted by molar-refractivity contribution is -0.132. The summed E-state index contributed by atoms with van der Waals surface area (Å²) in [7, 11) is 1.64. The van der Waals surface area contributed by atoms with Gasteiger partial charge in [0.2, 0.25) is 5.91 Å². The van der Waals surface area contributed by atoms with Crippen LogP contribution in [0.25, 0.3) is 0 Å². The first-order chi connectivity index (χ1) is 14.4. The second-order valence-corrected chi connectivity index (χ2v) is 7.36. The highest BCUT2D eigenvalue weighted by molar-refractivity contribution is 5.93. The van der Waals surface area contributed by atoms with Crippen molar-refractivity contribution in [3.8, 4) is 5.75 Å². The molecule has 0 unspecified atom stereocenters. The minimum Gasteiger partial charge on any atom is -0.497 e. The first-order valence-electron chi connectivity index (χ1n) is 10.3. The van der Waals surface area contributed by atoms with E-state index in [1.807, 2.05) is 29.2 Å². The third-order valence-corrected chi connectivity index (χ3v) is 5.55. The highest BCUT2D eigenvalue weighted by atomic mass is 16.5. The van der Waals surface area contributed by atoms with E-state index in [0.717, 1.165) is 30.8 Å². The largest absolute Gasteiger partial charge is 0.497 e. The maximum Gasteiger partial charge on any atom is 0.252 e. The number of amides is 2. The Morgan fingerprint density at radius 2 is 2.03 bits per heavy atom. The van der Waals surface area contributed by atoms with Crippen molar-refractivity contribution in [2.24, 2.45) is 5.73 Å². The van der Waals surface area contributed by atoms with Crippen LogP contribution in [0.5, 0.6) is 5.75 Å². The van der Waals surface area contributed by atoms with Crippen LogP contribution < -0.4 is 15.4 Å². The van der Waals surface area contributed by atoms with E-state index in [9.17, 15) is 9.59 Å². The number of hydrogen-bond donors (Lipinski definition) is 1. The van der Waals surface area contributed by atoms with Crippen LogP contribution in [0, 0.1) is 6.92 Å². The van der Waals surface area contributed by atoms with E-state index in [-0.39, 0.29) is 11.9 Å². The van der Waals surface area contributed by atoms with Gasteiger partial charge in [-0.05, 0) is 51.0 Å². The minimum atomic E-state index is -0.545. The second kappa shape index (κ2) is 9.56. The molecule has 1 atom stereocenters. The first kappa shape index (κ1) is 21.5. The number of carbonyl (C=O) groups is 2. The van der Waals surface area contributed by atoms with Gasteiger partial charge in [-0.1, -0.05) is 0 Å². The molecule has 1 saturated heterocycles. The van der Waals surface area contributed by atoms with E-state index in [1.54, 1.807) is 14.0 Å². The highest BCUT2D eigenvalue weighted by Crippen LogP contribution is 2.31. The van der Waals surface area contributed by atoms with Crippen LogP contribution in [-0.4, -0.2) is 53.4 Å². The van der Waals surface area contributed by atoms with Crippen LogP contribution in [-0.2, 0) is 4.79 Å². The van der Waals surface area contributed by atoms with Gasteiger partial charge in [0.1, 0.15) is 5.75 Å². The van der Waals surface area contributed by atoms with E-state index in [2.05, 4.69) is 21.8 Å². The summed E-state index contributed by atoms with van der Waals surface area (Å²) in [6, 6.07) is 7.69. The molecule has 0 radical (unpaired) electrons. The van der Waals surface area contributed by atoms with Crippen molar-refractivity contribution in [1.29, 1.82) is 0 Å². The molecule has 8 nitrogen and oxygen atoms in total. The zero-order chi connectivity index (χ0) is 21.7. The maximum absolute atomic E-state index is 13.0. The molecule has 1 aliphatic rings. The molecular weight excluding hydrogens is 382 g/mol. The first-order valence-corrected chi connectivity index (χ1v) is 10.3. The molecule has 0 spiro atoms. The number of nitrogens with zero attached hydrogens (tertiary/aromatic N) is 4. The van der Waals surface area contributed by atoms with Crippen LogP contribution in [0.2, 0.25) is 0 Å². The SMILES string of the molecule is CCN(CCC(=O)N1CCC[C@H]1c1ncc(C(N)=O)c(C)n1)c1ccc(OC)cc1. The van der Waals surface area contributed by atoms with Gasteiger partial charge in [-0.3, -0.25) is 9.59 Å². The summed E-state index contributed by atoms with van der Waals surface area (Å²) in [6.07, 6.45) is 3.60. The fourth-order valence-corrected chi connectivity index (χ4v) is 3.86. The average Bonchev–Trinajstić information content (AvgIpc) is 3.24. The van der Waals surface area contributed by atoms with E-state index in [1.165, 1.54) is 6.20 Å². The lowest BCUT2D eigenvalue weighted by Gasteiger charge is -2.27. The van der Waals surface area contributed by atoms with Crippen molar-refractivity contribution >= 4 is 17.5 Å². The van der Waals surface area contributed by atoms with Crippen molar-refractivity contribution in [2.45, 2.75) is 39.2 Å². The Kier molecular flexibility index (Phi) is 6.87. The molecule has 3 rings (SSSR count). The van der Waals surface area contributed by atoms with Crippen molar-refractivity contribution in [2.75, 3.05) is 31.6 Å². The summed E-state index contributed by atoms with van der Waals surface area (Å²) < 4.78 is 5.21. The summed E-state index contributed by atoms with van der Waals surface area (Å²) in [4.78, 5) is 37.2. The third kappa shape index (κ3) is 4.69. The average molecular weight is 412 g/mol. The molecule has 2 heterocycles. The Morgan fingerprint density at radius 1 is 1.30 bits per heavy atom. The number of methoxy groups -OCH3 is 1. The van der Waals surface area contributed by atoms with E-state index >= 15 is 0 Å². The second-order valence-electron chi connectivity index (χ2n) is 7.36. The van der Waals surface area contributed by atoms with Crippen molar-refractivity contribution in [1.82, 2.24) is 14.9 Å². The number of anilines is 1. The predicted octanol–water partition coefficient (Wildman–Crippen LogP) is 2.47. The predicted molar refractivity (Wildman–Crippen MR) is 114 cm³/mol. The van der Waals surface area contributed by atoms with Gasteiger partial charge in [0.15, 0.2) is 5.82 Å². The molecule has 1 aliphatic heterocycles. The molecule has 160 valence electrons. The molecule has 0 bridgehead atoms. The van der Waals surface area contributed by atoms with Gasteiger partial charge >= 0.3 is 0 Å². The van der Waals surface area contributed by atoms with Gasteiger partial charge in [-0.25, -0.2) is 9.97 Å². The Labute approximate surface area is 177 Å². The molecule has 2 amide bonds. The standard InChI is InChI=1S/C22H29N5O3/c1-4-26(16-7-9-17(30-3)10-8-16)13-11-20(28)27-12-5-6-19(27)22-24-14-18(21(23)29)15(2)25-22/h7-10,14,19H,4-6,11-13H2,1-3H3,(H2,23,29)/t19-/m0/s1. The fourth-order valence-electron chi connectivity index (χ4n) is 3.86. The molecule has 1 fully saturated rings. The van der Waals surface area contributed by atoms with Gasteiger partial charge in [0.25, 0.3) is 5.91 Å². The Hall–Kier alpha value is -3.16. The number of hydrogen-bond acceptors (Lipinski definition) is 6. The van der Waals surface area contributed by atoms with Crippen LogP contribution in [0.3, 0.4) is 0 Å². The number of aryl methyl sites for hydroxylation is 1.